The second-order valence-electron chi connectivity index (χ2n) is 3.38. The molecule has 1 aliphatic heterocycles. The van der Waals surface area contributed by atoms with E-state index in [1.807, 2.05) is 6.92 Å². The summed E-state index contributed by atoms with van der Waals surface area (Å²) in [6.07, 6.45) is 4.40. The van der Waals surface area contributed by atoms with Crippen molar-refractivity contribution in [2.45, 2.75) is 52.1 Å². The number of oxime groups is 1. The first kappa shape index (κ1) is 8.57. The van der Waals surface area contributed by atoms with E-state index in [0.29, 0.717) is 0 Å². The van der Waals surface area contributed by atoms with Gasteiger partial charge >= 0.3 is 0 Å². The molecule has 11 heavy (non-hydrogen) atoms. The summed E-state index contributed by atoms with van der Waals surface area (Å²) >= 11 is 0. The Balaban J connectivity index is 2.52. The predicted octanol–water partition coefficient (Wildman–Crippen LogP) is 2.73. The molecule has 1 atom stereocenters. The molecule has 1 heterocycles. The van der Waals surface area contributed by atoms with Crippen LogP contribution >= 0.6 is 0 Å². The molecule has 0 aliphatic carbocycles. The summed E-state index contributed by atoms with van der Waals surface area (Å²) in [5.41, 5.74) is 1.19. The van der Waals surface area contributed by atoms with E-state index < -0.39 is 0 Å². The van der Waals surface area contributed by atoms with Gasteiger partial charge in [-0.1, -0.05) is 25.4 Å². The van der Waals surface area contributed by atoms with E-state index in [1.165, 1.54) is 6.42 Å². The minimum absolute atomic E-state index is 0.0544. The maximum atomic E-state index is 5.43. The SMILES string of the molecule is CCCC1(CC)CC(C)=NO1. The van der Waals surface area contributed by atoms with Crippen LogP contribution in [0.4, 0.5) is 0 Å². The molecule has 0 fully saturated rings. The summed E-state index contributed by atoms with van der Waals surface area (Å²) < 4.78 is 0. The smallest absolute Gasteiger partial charge is 0.142 e. The fraction of sp³-hybridized carbons (Fsp3) is 0.889. The van der Waals surface area contributed by atoms with Gasteiger partial charge < -0.3 is 4.84 Å². The standard InChI is InChI=1S/C9H17NO/c1-4-6-9(5-2)7-8(3)10-11-9/h4-7H2,1-3H3. The monoisotopic (exact) mass is 155 g/mol. The van der Waals surface area contributed by atoms with Crippen molar-refractivity contribution in [2.24, 2.45) is 5.16 Å². The highest BCUT2D eigenvalue weighted by Crippen LogP contribution is 2.31. The van der Waals surface area contributed by atoms with Gasteiger partial charge in [0.15, 0.2) is 0 Å². The van der Waals surface area contributed by atoms with E-state index in [9.17, 15) is 0 Å². The quantitative estimate of drug-likeness (QED) is 0.614. The Morgan fingerprint density at radius 3 is 2.64 bits per heavy atom. The van der Waals surface area contributed by atoms with E-state index >= 15 is 0 Å². The van der Waals surface area contributed by atoms with Crippen LogP contribution in [0.5, 0.6) is 0 Å². The van der Waals surface area contributed by atoms with Crippen LogP contribution in [0.2, 0.25) is 0 Å². The van der Waals surface area contributed by atoms with Gasteiger partial charge in [0.25, 0.3) is 0 Å². The van der Waals surface area contributed by atoms with Crippen molar-refractivity contribution in [2.75, 3.05) is 0 Å². The second-order valence-corrected chi connectivity index (χ2v) is 3.38. The lowest BCUT2D eigenvalue weighted by Gasteiger charge is -2.23. The highest BCUT2D eigenvalue weighted by atomic mass is 16.7. The summed E-state index contributed by atoms with van der Waals surface area (Å²) in [7, 11) is 0. The van der Waals surface area contributed by atoms with E-state index in [2.05, 4.69) is 19.0 Å². The Bertz CT molecular complexity index is 165. The van der Waals surface area contributed by atoms with Crippen LogP contribution in [0.1, 0.15) is 46.5 Å². The molecule has 2 heteroatoms. The largest absolute Gasteiger partial charge is 0.389 e. The molecule has 2 nitrogen and oxygen atoms in total. The predicted molar refractivity (Wildman–Crippen MR) is 46.7 cm³/mol. The molecule has 64 valence electrons. The van der Waals surface area contributed by atoms with E-state index in [4.69, 9.17) is 4.84 Å². The van der Waals surface area contributed by atoms with Crippen molar-refractivity contribution in [3.63, 3.8) is 0 Å². The third kappa shape index (κ3) is 1.73. The Morgan fingerprint density at radius 2 is 2.27 bits per heavy atom. The Hall–Kier alpha value is -0.530. The molecule has 0 saturated carbocycles. The van der Waals surface area contributed by atoms with Gasteiger partial charge in [0.2, 0.25) is 0 Å². The van der Waals surface area contributed by atoms with Crippen molar-refractivity contribution < 1.29 is 4.84 Å². The van der Waals surface area contributed by atoms with E-state index in [1.54, 1.807) is 0 Å². The highest BCUT2D eigenvalue weighted by molar-refractivity contribution is 5.83. The van der Waals surface area contributed by atoms with Crippen molar-refractivity contribution in [1.82, 2.24) is 0 Å². The summed E-state index contributed by atoms with van der Waals surface area (Å²) in [5, 5.41) is 4.00. The lowest BCUT2D eigenvalue weighted by molar-refractivity contribution is -0.0284. The Morgan fingerprint density at radius 1 is 1.55 bits per heavy atom. The molecule has 0 aromatic rings. The summed E-state index contributed by atoms with van der Waals surface area (Å²) in [5.74, 6) is 0. The summed E-state index contributed by atoms with van der Waals surface area (Å²) in [4.78, 5) is 5.43. The molecule has 0 spiro atoms. The zero-order valence-corrected chi connectivity index (χ0v) is 7.68. The van der Waals surface area contributed by atoms with Crippen molar-refractivity contribution in [3.8, 4) is 0 Å². The molecule has 1 rings (SSSR count). The van der Waals surface area contributed by atoms with Crippen molar-refractivity contribution in [1.29, 1.82) is 0 Å². The first-order chi connectivity index (χ1) is 5.22. The Labute approximate surface area is 68.6 Å². The molecule has 0 aromatic heterocycles. The number of hydrogen-bond donors (Lipinski definition) is 0. The normalized spacial score (nSPS) is 29.9. The molecule has 0 aromatic carbocycles. The van der Waals surface area contributed by atoms with Crippen LogP contribution in [-0.4, -0.2) is 11.3 Å². The van der Waals surface area contributed by atoms with Crippen LogP contribution in [0.3, 0.4) is 0 Å². The minimum atomic E-state index is 0.0544. The number of hydrogen-bond acceptors (Lipinski definition) is 2. The van der Waals surface area contributed by atoms with Crippen molar-refractivity contribution >= 4 is 5.71 Å². The van der Waals surface area contributed by atoms with Crippen LogP contribution in [-0.2, 0) is 4.84 Å². The lowest BCUT2D eigenvalue weighted by Crippen LogP contribution is -2.27. The molecule has 0 radical (unpaired) electrons. The van der Waals surface area contributed by atoms with Gasteiger partial charge in [-0.05, 0) is 19.8 Å². The fourth-order valence-corrected chi connectivity index (χ4v) is 1.66. The molecule has 0 N–H and O–H groups in total. The maximum Gasteiger partial charge on any atom is 0.142 e. The van der Waals surface area contributed by atoms with Gasteiger partial charge in [0, 0.05) is 6.42 Å². The van der Waals surface area contributed by atoms with Gasteiger partial charge in [-0.2, -0.15) is 0 Å². The Kier molecular flexibility index (Phi) is 2.53. The average molecular weight is 155 g/mol. The van der Waals surface area contributed by atoms with Crippen LogP contribution < -0.4 is 0 Å². The summed E-state index contributed by atoms with van der Waals surface area (Å²) in [6.45, 7) is 6.39. The summed E-state index contributed by atoms with van der Waals surface area (Å²) in [6, 6.07) is 0. The van der Waals surface area contributed by atoms with Crippen LogP contribution in [0, 0.1) is 0 Å². The molecule has 0 amide bonds. The number of rotatable bonds is 3. The van der Waals surface area contributed by atoms with Crippen LogP contribution in [0.15, 0.2) is 5.16 Å². The molecular formula is C9H17NO. The first-order valence-corrected chi connectivity index (χ1v) is 4.44. The zero-order valence-electron chi connectivity index (χ0n) is 7.68. The highest BCUT2D eigenvalue weighted by Gasteiger charge is 2.34. The zero-order chi connectivity index (χ0) is 8.32. The minimum Gasteiger partial charge on any atom is -0.389 e. The van der Waals surface area contributed by atoms with Gasteiger partial charge in [-0.15, -0.1) is 0 Å². The molecule has 0 bridgehead atoms. The number of nitrogens with zero attached hydrogens (tertiary/aromatic N) is 1. The molecule has 1 aliphatic rings. The van der Waals surface area contributed by atoms with Crippen LogP contribution in [0.25, 0.3) is 0 Å². The maximum absolute atomic E-state index is 5.43. The average Bonchev–Trinajstić information content (AvgIpc) is 2.34. The van der Waals surface area contributed by atoms with Gasteiger partial charge in [-0.25, -0.2) is 0 Å². The topological polar surface area (TPSA) is 21.6 Å². The third-order valence-electron chi connectivity index (χ3n) is 2.32. The first-order valence-electron chi connectivity index (χ1n) is 4.44. The fourth-order valence-electron chi connectivity index (χ4n) is 1.66. The van der Waals surface area contributed by atoms with Crippen molar-refractivity contribution in [3.05, 3.63) is 0 Å². The van der Waals surface area contributed by atoms with E-state index in [-0.39, 0.29) is 5.60 Å². The third-order valence-corrected chi connectivity index (χ3v) is 2.32. The molecule has 1 unspecified atom stereocenters. The van der Waals surface area contributed by atoms with E-state index in [0.717, 1.165) is 25.0 Å². The lowest BCUT2D eigenvalue weighted by atomic mass is 9.90. The second kappa shape index (κ2) is 3.24. The van der Waals surface area contributed by atoms with Gasteiger partial charge in [0.05, 0.1) is 5.71 Å². The molecule has 0 saturated heterocycles. The molecular weight excluding hydrogens is 138 g/mol. The van der Waals surface area contributed by atoms with Gasteiger partial charge in [0.1, 0.15) is 5.60 Å². The van der Waals surface area contributed by atoms with Gasteiger partial charge in [-0.3, -0.25) is 0 Å².